The van der Waals surface area contributed by atoms with Gasteiger partial charge in [0.05, 0.1) is 0 Å². The molecular weight excluding hydrogens is 212 g/mol. The first-order valence-corrected chi connectivity index (χ1v) is 6.96. The number of piperidine rings is 1. The van der Waals surface area contributed by atoms with Crippen molar-refractivity contribution in [1.82, 2.24) is 4.90 Å². The van der Waals surface area contributed by atoms with Crippen LogP contribution in [0.3, 0.4) is 0 Å². The number of hydrogen-bond acceptors (Lipinski definition) is 2. The Kier molecular flexibility index (Phi) is 5.44. The standard InChI is InChI=1S/C14H28N2O/c1-10-8-11(2)13(4)16(9-10)14(17)7-5-6-12(3)15/h10-13H,5-9,15H2,1-4H3. The number of amides is 1. The Morgan fingerprint density at radius 2 is 2.06 bits per heavy atom. The largest absolute Gasteiger partial charge is 0.339 e. The lowest BCUT2D eigenvalue weighted by Gasteiger charge is -2.41. The molecule has 100 valence electrons. The highest BCUT2D eigenvalue weighted by atomic mass is 16.2. The minimum absolute atomic E-state index is 0.208. The van der Waals surface area contributed by atoms with E-state index < -0.39 is 0 Å². The molecule has 3 nitrogen and oxygen atoms in total. The average Bonchev–Trinajstić information content (AvgIpc) is 2.22. The van der Waals surface area contributed by atoms with Crippen molar-refractivity contribution in [3.05, 3.63) is 0 Å². The van der Waals surface area contributed by atoms with Gasteiger partial charge < -0.3 is 10.6 Å². The van der Waals surface area contributed by atoms with Crippen LogP contribution in [0.15, 0.2) is 0 Å². The van der Waals surface area contributed by atoms with Crippen molar-refractivity contribution in [2.75, 3.05) is 6.54 Å². The summed E-state index contributed by atoms with van der Waals surface area (Å²) in [4.78, 5) is 14.2. The van der Waals surface area contributed by atoms with Crippen LogP contribution >= 0.6 is 0 Å². The smallest absolute Gasteiger partial charge is 0.222 e. The van der Waals surface area contributed by atoms with Crippen molar-refractivity contribution >= 4 is 5.91 Å². The summed E-state index contributed by atoms with van der Waals surface area (Å²) in [6, 6.07) is 0.605. The Balaban J connectivity index is 2.44. The van der Waals surface area contributed by atoms with Gasteiger partial charge >= 0.3 is 0 Å². The molecule has 0 aromatic rings. The highest BCUT2D eigenvalue weighted by molar-refractivity contribution is 5.76. The molecule has 0 saturated carbocycles. The molecule has 1 heterocycles. The van der Waals surface area contributed by atoms with E-state index in [4.69, 9.17) is 5.73 Å². The maximum Gasteiger partial charge on any atom is 0.222 e. The van der Waals surface area contributed by atoms with Crippen LogP contribution < -0.4 is 5.73 Å². The molecule has 0 aromatic heterocycles. The zero-order chi connectivity index (χ0) is 13.0. The van der Waals surface area contributed by atoms with Gasteiger partial charge in [0.25, 0.3) is 0 Å². The molecule has 1 aliphatic heterocycles. The van der Waals surface area contributed by atoms with Crippen LogP contribution in [0.2, 0.25) is 0 Å². The molecule has 1 aliphatic rings. The third kappa shape index (κ3) is 4.30. The summed E-state index contributed by atoms with van der Waals surface area (Å²) in [6.45, 7) is 9.61. The molecular formula is C14H28N2O. The van der Waals surface area contributed by atoms with Gasteiger partial charge in [-0.2, -0.15) is 0 Å². The Morgan fingerprint density at radius 1 is 1.41 bits per heavy atom. The molecule has 4 atom stereocenters. The van der Waals surface area contributed by atoms with Gasteiger partial charge in [0.1, 0.15) is 0 Å². The van der Waals surface area contributed by atoms with E-state index in [1.165, 1.54) is 6.42 Å². The van der Waals surface area contributed by atoms with Crippen molar-refractivity contribution in [1.29, 1.82) is 0 Å². The second kappa shape index (κ2) is 6.39. The van der Waals surface area contributed by atoms with Gasteiger partial charge in [-0.3, -0.25) is 4.79 Å². The molecule has 1 saturated heterocycles. The van der Waals surface area contributed by atoms with Gasteiger partial charge in [0, 0.05) is 25.0 Å². The first kappa shape index (κ1) is 14.5. The monoisotopic (exact) mass is 240 g/mol. The minimum atomic E-state index is 0.208. The number of nitrogens with zero attached hydrogens (tertiary/aromatic N) is 1. The molecule has 4 unspecified atom stereocenters. The zero-order valence-corrected chi connectivity index (χ0v) is 11.8. The number of hydrogen-bond donors (Lipinski definition) is 1. The second-order valence-electron chi connectivity index (χ2n) is 5.97. The molecule has 17 heavy (non-hydrogen) atoms. The fourth-order valence-electron chi connectivity index (χ4n) is 2.76. The van der Waals surface area contributed by atoms with Crippen molar-refractivity contribution < 1.29 is 4.79 Å². The lowest BCUT2D eigenvalue weighted by molar-refractivity contribution is -0.137. The van der Waals surface area contributed by atoms with Gasteiger partial charge in [-0.05, 0) is 44.9 Å². The zero-order valence-electron chi connectivity index (χ0n) is 11.8. The number of carbonyl (C=O) groups excluding carboxylic acids is 1. The molecule has 2 N–H and O–H groups in total. The molecule has 0 bridgehead atoms. The Hall–Kier alpha value is -0.570. The predicted octanol–water partition coefficient (Wildman–Crippen LogP) is 2.40. The van der Waals surface area contributed by atoms with E-state index in [1.54, 1.807) is 0 Å². The van der Waals surface area contributed by atoms with Crippen LogP contribution in [0, 0.1) is 11.8 Å². The molecule has 0 spiro atoms. The highest BCUT2D eigenvalue weighted by Gasteiger charge is 2.31. The van der Waals surface area contributed by atoms with Crippen molar-refractivity contribution in [3.63, 3.8) is 0 Å². The normalized spacial score (nSPS) is 31.4. The Morgan fingerprint density at radius 3 is 2.65 bits per heavy atom. The van der Waals surface area contributed by atoms with Gasteiger partial charge in [-0.1, -0.05) is 13.8 Å². The van der Waals surface area contributed by atoms with E-state index in [0.29, 0.717) is 30.2 Å². The Labute approximate surface area is 106 Å². The minimum Gasteiger partial charge on any atom is -0.339 e. The van der Waals surface area contributed by atoms with E-state index in [2.05, 4.69) is 25.7 Å². The molecule has 0 radical (unpaired) electrons. The SMILES string of the molecule is CC(N)CCCC(=O)N1CC(C)CC(C)C1C. The first-order valence-electron chi connectivity index (χ1n) is 6.96. The molecule has 3 heteroatoms. The van der Waals surface area contributed by atoms with Gasteiger partial charge in [-0.25, -0.2) is 0 Å². The second-order valence-corrected chi connectivity index (χ2v) is 5.97. The number of rotatable bonds is 4. The van der Waals surface area contributed by atoms with E-state index in [0.717, 1.165) is 19.4 Å². The summed E-state index contributed by atoms with van der Waals surface area (Å²) >= 11 is 0. The van der Waals surface area contributed by atoms with Crippen LogP contribution in [-0.2, 0) is 4.79 Å². The summed E-state index contributed by atoms with van der Waals surface area (Å²) in [5.41, 5.74) is 5.70. The van der Waals surface area contributed by atoms with Crippen LogP contribution in [0.4, 0.5) is 0 Å². The van der Waals surface area contributed by atoms with Crippen LogP contribution in [0.1, 0.15) is 53.4 Å². The fraction of sp³-hybridized carbons (Fsp3) is 0.929. The number of nitrogens with two attached hydrogens (primary N) is 1. The topological polar surface area (TPSA) is 46.3 Å². The van der Waals surface area contributed by atoms with Crippen molar-refractivity contribution in [2.24, 2.45) is 17.6 Å². The number of carbonyl (C=O) groups is 1. The summed E-state index contributed by atoms with van der Waals surface area (Å²) < 4.78 is 0. The van der Waals surface area contributed by atoms with E-state index in [1.807, 2.05) is 6.92 Å². The van der Waals surface area contributed by atoms with Crippen molar-refractivity contribution in [3.8, 4) is 0 Å². The average molecular weight is 240 g/mol. The predicted molar refractivity (Wildman–Crippen MR) is 71.6 cm³/mol. The van der Waals surface area contributed by atoms with E-state index in [-0.39, 0.29) is 6.04 Å². The molecule has 0 aliphatic carbocycles. The lowest BCUT2D eigenvalue weighted by atomic mass is 9.85. The summed E-state index contributed by atoms with van der Waals surface area (Å²) in [5, 5.41) is 0. The van der Waals surface area contributed by atoms with Gasteiger partial charge in [0.15, 0.2) is 0 Å². The van der Waals surface area contributed by atoms with Crippen LogP contribution in [0.5, 0.6) is 0 Å². The first-order chi connectivity index (χ1) is 7.91. The lowest BCUT2D eigenvalue weighted by Crippen LogP contribution is -2.48. The Bertz CT molecular complexity index is 253. The fourth-order valence-corrected chi connectivity index (χ4v) is 2.76. The third-order valence-electron chi connectivity index (χ3n) is 3.97. The summed E-state index contributed by atoms with van der Waals surface area (Å²) in [5.74, 6) is 1.58. The van der Waals surface area contributed by atoms with E-state index >= 15 is 0 Å². The molecule has 1 amide bonds. The summed E-state index contributed by atoms with van der Waals surface area (Å²) in [7, 11) is 0. The quantitative estimate of drug-likeness (QED) is 0.820. The summed E-state index contributed by atoms with van der Waals surface area (Å²) in [6.07, 6.45) is 3.76. The van der Waals surface area contributed by atoms with Crippen LogP contribution in [0.25, 0.3) is 0 Å². The maximum absolute atomic E-state index is 12.2. The van der Waals surface area contributed by atoms with Crippen molar-refractivity contribution in [2.45, 2.75) is 65.5 Å². The van der Waals surface area contributed by atoms with Crippen LogP contribution in [-0.4, -0.2) is 29.4 Å². The molecule has 1 fully saturated rings. The molecule has 0 aromatic carbocycles. The highest BCUT2D eigenvalue weighted by Crippen LogP contribution is 2.27. The molecule has 1 rings (SSSR count). The third-order valence-corrected chi connectivity index (χ3v) is 3.97. The van der Waals surface area contributed by atoms with Gasteiger partial charge in [-0.15, -0.1) is 0 Å². The maximum atomic E-state index is 12.2. The van der Waals surface area contributed by atoms with E-state index in [9.17, 15) is 4.79 Å². The number of likely N-dealkylation sites (tertiary alicyclic amines) is 1. The van der Waals surface area contributed by atoms with Gasteiger partial charge in [0.2, 0.25) is 5.91 Å².